The van der Waals surface area contributed by atoms with Crippen LogP contribution in [0.3, 0.4) is 0 Å². The van der Waals surface area contributed by atoms with Gasteiger partial charge in [-0.3, -0.25) is 0 Å². The second kappa shape index (κ2) is 3.60. The molecule has 0 fully saturated rings. The number of nitriles is 1. The van der Waals surface area contributed by atoms with Crippen LogP contribution in [0.15, 0.2) is 12.1 Å². The van der Waals surface area contributed by atoms with Crippen molar-refractivity contribution in [2.45, 2.75) is 19.8 Å². The zero-order chi connectivity index (χ0) is 11.9. The molecule has 0 aliphatic heterocycles. The lowest BCUT2D eigenvalue weighted by Gasteiger charge is -2.02. The highest BCUT2D eigenvalue weighted by molar-refractivity contribution is 5.77. The molecule has 4 heteroatoms. The van der Waals surface area contributed by atoms with E-state index in [0.29, 0.717) is 11.4 Å². The molecule has 82 valence electrons. The highest BCUT2D eigenvalue weighted by atomic mass is 19.1. The number of halogens is 1. The SMILES string of the molecule is Cc1cc2nc(C(C)C#N)n(C)c2cc1F. The van der Waals surface area contributed by atoms with Gasteiger partial charge in [0.15, 0.2) is 0 Å². The maximum Gasteiger partial charge on any atom is 0.128 e. The second-order valence-electron chi connectivity index (χ2n) is 3.97. The molecule has 0 amide bonds. The van der Waals surface area contributed by atoms with Gasteiger partial charge in [-0.25, -0.2) is 9.37 Å². The molecule has 0 aliphatic rings. The van der Waals surface area contributed by atoms with Gasteiger partial charge in [0.05, 0.1) is 17.1 Å². The van der Waals surface area contributed by atoms with Crippen molar-refractivity contribution in [3.05, 3.63) is 29.3 Å². The van der Waals surface area contributed by atoms with Crippen molar-refractivity contribution in [1.29, 1.82) is 5.26 Å². The highest BCUT2D eigenvalue weighted by Crippen LogP contribution is 2.22. The van der Waals surface area contributed by atoms with E-state index in [1.165, 1.54) is 6.07 Å². The molecule has 0 aliphatic carbocycles. The maximum atomic E-state index is 13.4. The summed E-state index contributed by atoms with van der Waals surface area (Å²) in [6, 6.07) is 5.31. The summed E-state index contributed by atoms with van der Waals surface area (Å²) in [6.07, 6.45) is 0. The molecule has 1 aromatic heterocycles. The third-order valence-corrected chi connectivity index (χ3v) is 2.78. The summed E-state index contributed by atoms with van der Waals surface area (Å²) < 4.78 is 15.2. The molecule has 0 bridgehead atoms. The summed E-state index contributed by atoms with van der Waals surface area (Å²) in [6.45, 7) is 3.49. The molecule has 0 spiro atoms. The van der Waals surface area contributed by atoms with Crippen LogP contribution in [-0.2, 0) is 7.05 Å². The number of fused-ring (bicyclic) bond motifs is 1. The number of benzene rings is 1. The van der Waals surface area contributed by atoms with Gasteiger partial charge in [-0.2, -0.15) is 5.26 Å². The first-order chi connectivity index (χ1) is 7.54. The van der Waals surface area contributed by atoms with Gasteiger partial charge in [-0.05, 0) is 25.5 Å². The molecule has 1 atom stereocenters. The normalized spacial score (nSPS) is 12.7. The molecule has 0 radical (unpaired) electrons. The van der Waals surface area contributed by atoms with Crippen LogP contribution in [0.1, 0.15) is 24.2 Å². The molecule has 0 saturated carbocycles. The van der Waals surface area contributed by atoms with Crippen LogP contribution in [-0.4, -0.2) is 9.55 Å². The fraction of sp³-hybridized carbons (Fsp3) is 0.333. The van der Waals surface area contributed by atoms with Crippen molar-refractivity contribution in [2.75, 3.05) is 0 Å². The minimum atomic E-state index is -0.291. The van der Waals surface area contributed by atoms with Crippen LogP contribution in [0.2, 0.25) is 0 Å². The number of hydrogen-bond acceptors (Lipinski definition) is 2. The molecule has 2 rings (SSSR count). The molecule has 2 aromatic rings. The molecule has 16 heavy (non-hydrogen) atoms. The smallest absolute Gasteiger partial charge is 0.128 e. The maximum absolute atomic E-state index is 13.4. The lowest BCUT2D eigenvalue weighted by Crippen LogP contribution is -2.00. The van der Waals surface area contributed by atoms with E-state index in [9.17, 15) is 4.39 Å². The Morgan fingerprint density at radius 2 is 2.19 bits per heavy atom. The van der Waals surface area contributed by atoms with Crippen LogP contribution < -0.4 is 0 Å². The molecule has 3 nitrogen and oxygen atoms in total. The Morgan fingerprint density at radius 3 is 2.81 bits per heavy atom. The summed E-state index contributed by atoms with van der Waals surface area (Å²) in [5.41, 5.74) is 2.03. The zero-order valence-corrected chi connectivity index (χ0v) is 9.45. The van der Waals surface area contributed by atoms with E-state index in [4.69, 9.17) is 5.26 Å². The third-order valence-electron chi connectivity index (χ3n) is 2.78. The van der Waals surface area contributed by atoms with Gasteiger partial charge in [0.25, 0.3) is 0 Å². The molecule has 0 N–H and O–H groups in total. The molecule has 1 heterocycles. The van der Waals surface area contributed by atoms with Crippen LogP contribution in [0.5, 0.6) is 0 Å². The van der Waals surface area contributed by atoms with Crippen molar-refractivity contribution in [3.8, 4) is 6.07 Å². The zero-order valence-electron chi connectivity index (χ0n) is 9.45. The minimum absolute atomic E-state index is 0.244. The Morgan fingerprint density at radius 1 is 1.50 bits per heavy atom. The third kappa shape index (κ3) is 1.45. The topological polar surface area (TPSA) is 41.6 Å². The Bertz CT molecular complexity index is 592. The van der Waals surface area contributed by atoms with Gasteiger partial charge in [0.1, 0.15) is 17.6 Å². The standard InChI is InChI=1S/C12H12FN3/c1-7-4-10-11(5-9(7)13)16(3)12(15-10)8(2)6-14/h4-5,8H,1-3H3. The first-order valence-corrected chi connectivity index (χ1v) is 5.06. The fourth-order valence-corrected chi connectivity index (χ4v) is 1.78. The fourth-order valence-electron chi connectivity index (χ4n) is 1.78. The second-order valence-corrected chi connectivity index (χ2v) is 3.97. The van der Waals surface area contributed by atoms with Gasteiger partial charge in [-0.1, -0.05) is 0 Å². The summed E-state index contributed by atoms with van der Waals surface area (Å²) >= 11 is 0. The molecule has 1 aromatic carbocycles. The molecular weight excluding hydrogens is 205 g/mol. The van der Waals surface area contributed by atoms with E-state index >= 15 is 0 Å². The average molecular weight is 217 g/mol. The number of rotatable bonds is 1. The summed E-state index contributed by atoms with van der Waals surface area (Å²) in [4.78, 5) is 4.36. The van der Waals surface area contributed by atoms with Gasteiger partial charge in [0, 0.05) is 13.1 Å². The molecule has 0 saturated heterocycles. The lowest BCUT2D eigenvalue weighted by atomic mass is 10.2. The van der Waals surface area contributed by atoms with Crippen molar-refractivity contribution < 1.29 is 4.39 Å². The predicted octanol–water partition coefficient (Wildman–Crippen LogP) is 2.65. The lowest BCUT2D eigenvalue weighted by molar-refractivity contribution is 0.619. The van der Waals surface area contributed by atoms with Gasteiger partial charge >= 0.3 is 0 Å². The monoisotopic (exact) mass is 217 g/mol. The van der Waals surface area contributed by atoms with Gasteiger partial charge < -0.3 is 4.57 Å². The molecule has 1 unspecified atom stereocenters. The Kier molecular flexibility index (Phi) is 2.39. The summed E-state index contributed by atoms with van der Waals surface area (Å²) in [7, 11) is 1.80. The van der Waals surface area contributed by atoms with E-state index < -0.39 is 0 Å². The van der Waals surface area contributed by atoms with Crippen LogP contribution in [0, 0.1) is 24.1 Å². The van der Waals surface area contributed by atoms with Crippen LogP contribution >= 0.6 is 0 Å². The number of imidazole rings is 1. The first-order valence-electron chi connectivity index (χ1n) is 5.06. The van der Waals surface area contributed by atoms with Gasteiger partial charge in [0.2, 0.25) is 0 Å². The minimum Gasteiger partial charge on any atom is -0.330 e. The van der Waals surface area contributed by atoms with E-state index in [1.54, 1.807) is 31.5 Å². The van der Waals surface area contributed by atoms with E-state index in [-0.39, 0.29) is 11.7 Å². The van der Waals surface area contributed by atoms with Crippen molar-refractivity contribution in [3.63, 3.8) is 0 Å². The highest BCUT2D eigenvalue weighted by Gasteiger charge is 2.14. The largest absolute Gasteiger partial charge is 0.330 e. The quantitative estimate of drug-likeness (QED) is 0.736. The first kappa shape index (κ1) is 10.6. The van der Waals surface area contributed by atoms with E-state index in [1.807, 2.05) is 0 Å². The predicted molar refractivity (Wildman–Crippen MR) is 59.4 cm³/mol. The van der Waals surface area contributed by atoms with Crippen molar-refractivity contribution >= 4 is 11.0 Å². The number of aromatic nitrogens is 2. The van der Waals surface area contributed by atoms with Crippen LogP contribution in [0.4, 0.5) is 4.39 Å². The summed E-state index contributed by atoms with van der Waals surface area (Å²) in [5, 5.41) is 8.87. The Hall–Kier alpha value is -1.89. The average Bonchev–Trinajstić information content (AvgIpc) is 2.56. The van der Waals surface area contributed by atoms with E-state index in [2.05, 4.69) is 11.1 Å². The van der Waals surface area contributed by atoms with Crippen molar-refractivity contribution in [2.24, 2.45) is 7.05 Å². The Labute approximate surface area is 93.1 Å². The van der Waals surface area contributed by atoms with Crippen molar-refractivity contribution in [1.82, 2.24) is 9.55 Å². The molecular formula is C12H12FN3. The summed E-state index contributed by atoms with van der Waals surface area (Å²) in [5.74, 6) is 0.134. The number of nitrogens with zero attached hydrogens (tertiary/aromatic N) is 3. The van der Waals surface area contributed by atoms with E-state index in [0.717, 1.165) is 11.0 Å². The number of hydrogen-bond donors (Lipinski definition) is 0. The Balaban J connectivity index is 2.74. The van der Waals surface area contributed by atoms with Crippen LogP contribution in [0.25, 0.3) is 11.0 Å². The van der Waals surface area contributed by atoms with Gasteiger partial charge in [-0.15, -0.1) is 0 Å². The number of aryl methyl sites for hydroxylation is 2.